The number of hydrogen-bond donors (Lipinski definition) is 2. The number of nitrogens with one attached hydrogen (secondary N) is 1. The predicted octanol–water partition coefficient (Wildman–Crippen LogP) is 3.22. The minimum atomic E-state index is 0.278. The number of hydrogen-bond acceptors (Lipinski definition) is 3. The molecule has 3 heteroatoms. The third kappa shape index (κ3) is 5.89. The van der Waals surface area contributed by atoms with E-state index < -0.39 is 0 Å². The van der Waals surface area contributed by atoms with E-state index in [9.17, 15) is 0 Å². The fourth-order valence-corrected chi connectivity index (χ4v) is 2.70. The highest BCUT2D eigenvalue weighted by molar-refractivity contribution is 7.99. The van der Waals surface area contributed by atoms with Gasteiger partial charge in [0, 0.05) is 23.8 Å². The van der Waals surface area contributed by atoms with Crippen LogP contribution in [0.25, 0.3) is 0 Å². The fourth-order valence-electron chi connectivity index (χ4n) is 1.73. The van der Waals surface area contributed by atoms with Gasteiger partial charge in [0.25, 0.3) is 0 Å². The van der Waals surface area contributed by atoms with E-state index in [0.29, 0.717) is 5.92 Å². The molecule has 1 rings (SSSR count). The molecule has 0 aliphatic carbocycles. The van der Waals surface area contributed by atoms with Crippen LogP contribution in [0.15, 0.2) is 23.1 Å². The fraction of sp³-hybridized carbons (Fsp3) is 0.600. The summed E-state index contributed by atoms with van der Waals surface area (Å²) in [4.78, 5) is 1.34. The first-order chi connectivity index (χ1) is 8.63. The van der Waals surface area contributed by atoms with Crippen molar-refractivity contribution in [3.05, 3.63) is 29.3 Å². The van der Waals surface area contributed by atoms with Gasteiger partial charge in [-0.2, -0.15) is 0 Å². The number of benzene rings is 1. The molecule has 0 unspecified atom stereocenters. The quantitative estimate of drug-likeness (QED) is 0.560. The van der Waals surface area contributed by atoms with E-state index in [1.165, 1.54) is 16.0 Å². The summed E-state index contributed by atoms with van der Waals surface area (Å²) in [5, 5.41) is 12.3. The highest BCUT2D eigenvalue weighted by Gasteiger charge is 2.04. The molecule has 0 fully saturated rings. The van der Waals surface area contributed by atoms with Gasteiger partial charge in [-0.3, -0.25) is 0 Å². The Balaban J connectivity index is 2.58. The largest absolute Gasteiger partial charge is 0.396 e. The average Bonchev–Trinajstić information content (AvgIpc) is 2.31. The van der Waals surface area contributed by atoms with Crippen molar-refractivity contribution < 1.29 is 5.11 Å². The van der Waals surface area contributed by atoms with Gasteiger partial charge in [0.15, 0.2) is 0 Å². The first kappa shape index (κ1) is 15.5. The summed E-state index contributed by atoms with van der Waals surface area (Å²) < 4.78 is 0. The Hall–Kier alpha value is -0.510. The van der Waals surface area contributed by atoms with Crippen LogP contribution in [0.5, 0.6) is 0 Å². The van der Waals surface area contributed by atoms with Gasteiger partial charge in [-0.15, -0.1) is 11.8 Å². The van der Waals surface area contributed by atoms with Crippen LogP contribution >= 0.6 is 11.8 Å². The van der Waals surface area contributed by atoms with E-state index in [4.69, 9.17) is 5.11 Å². The summed E-state index contributed by atoms with van der Waals surface area (Å²) in [5.41, 5.74) is 2.68. The normalized spacial score (nSPS) is 11.2. The first-order valence-corrected chi connectivity index (χ1v) is 7.66. The molecule has 2 N–H and O–H groups in total. The molecule has 0 aromatic heterocycles. The Bertz CT molecular complexity index is 352. The monoisotopic (exact) mass is 267 g/mol. The van der Waals surface area contributed by atoms with Crippen LogP contribution in [0.1, 0.15) is 31.4 Å². The number of rotatable bonds is 8. The van der Waals surface area contributed by atoms with Crippen LogP contribution in [0.2, 0.25) is 0 Å². The molecule has 0 saturated carbocycles. The molecule has 102 valence electrons. The Morgan fingerprint density at radius 3 is 2.78 bits per heavy atom. The number of aliphatic hydroxyl groups is 1. The predicted molar refractivity (Wildman–Crippen MR) is 80.2 cm³/mol. The van der Waals surface area contributed by atoms with Gasteiger partial charge in [0.05, 0.1) is 0 Å². The van der Waals surface area contributed by atoms with Gasteiger partial charge in [0.2, 0.25) is 0 Å². The summed E-state index contributed by atoms with van der Waals surface area (Å²) in [6, 6.07) is 6.62. The summed E-state index contributed by atoms with van der Waals surface area (Å²) in [6.45, 7) is 8.84. The molecule has 0 radical (unpaired) electrons. The topological polar surface area (TPSA) is 32.3 Å². The average molecular weight is 267 g/mol. The second-order valence-electron chi connectivity index (χ2n) is 5.06. The van der Waals surface area contributed by atoms with Crippen molar-refractivity contribution in [2.24, 2.45) is 5.92 Å². The summed E-state index contributed by atoms with van der Waals surface area (Å²) >= 11 is 1.84. The van der Waals surface area contributed by atoms with Gasteiger partial charge >= 0.3 is 0 Å². The lowest BCUT2D eigenvalue weighted by molar-refractivity contribution is 0.296. The molecule has 0 aliphatic heterocycles. The van der Waals surface area contributed by atoms with Crippen LogP contribution in [-0.2, 0) is 6.54 Å². The molecule has 0 aliphatic rings. The van der Waals surface area contributed by atoms with Crippen molar-refractivity contribution in [3.63, 3.8) is 0 Å². The van der Waals surface area contributed by atoms with Crippen molar-refractivity contribution in [1.29, 1.82) is 0 Å². The maximum absolute atomic E-state index is 8.83. The number of aliphatic hydroxyl groups excluding tert-OH is 1. The highest BCUT2D eigenvalue weighted by atomic mass is 32.2. The van der Waals surface area contributed by atoms with Crippen molar-refractivity contribution in [2.75, 3.05) is 18.9 Å². The Labute approximate surface area is 115 Å². The second kappa shape index (κ2) is 8.57. The third-order valence-electron chi connectivity index (χ3n) is 2.64. The van der Waals surface area contributed by atoms with Gasteiger partial charge in [-0.1, -0.05) is 31.5 Å². The molecule has 0 atom stereocenters. The van der Waals surface area contributed by atoms with Crippen molar-refractivity contribution in [1.82, 2.24) is 5.32 Å². The van der Waals surface area contributed by atoms with Crippen LogP contribution in [0.3, 0.4) is 0 Å². The maximum Gasteiger partial charge on any atom is 0.0439 e. The molecule has 0 bridgehead atoms. The highest BCUT2D eigenvalue weighted by Crippen LogP contribution is 2.24. The Morgan fingerprint density at radius 1 is 1.33 bits per heavy atom. The van der Waals surface area contributed by atoms with E-state index in [1.54, 1.807) is 0 Å². The minimum Gasteiger partial charge on any atom is -0.396 e. The van der Waals surface area contributed by atoms with Gasteiger partial charge in [0.1, 0.15) is 0 Å². The Morgan fingerprint density at radius 2 is 2.11 bits per heavy atom. The number of aryl methyl sites for hydroxylation is 1. The van der Waals surface area contributed by atoms with Crippen LogP contribution in [-0.4, -0.2) is 24.0 Å². The molecule has 0 heterocycles. The lowest BCUT2D eigenvalue weighted by Gasteiger charge is -2.12. The van der Waals surface area contributed by atoms with Crippen LogP contribution < -0.4 is 5.32 Å². The third-order valence-corrected chi connectivity index (χ3v) is 3.85. The van der Waals surface area contributed by atoms with Gasteiger partial charge in [-0.05, 0) is 37.4 Å². The maximum atomic E-state index is 8.83. The molecular formula is C15H25NOS. The minimum absolute atomic E-state index is 0.278. The van der Waals surface area contributed by atoms with E-state index in [2.05, 4.69) is 44.3 Å². The van der Waals surface area contributed by atoms with E-state index in [0.717, 1.165) is 25.3 Å². The zero-order valence-corrected chi connectivity index (χ0v) is 12.5. The molecule has 0 amide bonds. The molecule has 0 spiro atoms. The second-order valence-corrected chi connectivity index (χ2v) is 6.20. The first-order valence-electron chi connectivity index (χ1n) is 6.67. The lowest BCUT2D eigenvalue weighted by atomic mass is 10.1. The van der Waals surface area contributed by atoms with Gasteiger partial charge < -0.3 is 10.4 Å². The van der Waals surface area contributed by atoms with Crippen molar-refractivity contribution in [2.45, 2.75) is 38.6 Å². The number of thioether (sulfide) groups is 1. The van der Waals surface area contributed by atoms with E-state index in [-0.39, 0.29) is 6.61 Å². The van der Waals surface area contributed by atoms with E-state index in [1.807, 2.05) is 11.8 Å². The summed E-state index contributed by atoms with van der Waals surface area (Å²) in [6.07, 6.45) is 0.859. The van der Waals surface area contributed by atoms with Crippen LogP contribution in [0.4, 0.5) is 0 Å². The van der Waals surface area contributed by atoms with Gasteiger partial charge in [-0.25, -0.2) is 0 Å². The van der Waals surface area contributed by atoms with Crippen LogP contribution in [0, 0.1) is 12.8 Å². The molecular weight excluding hydrogens is 242 g/mol. The summed E-state index contributed by atoms with van der Waals surface area (Å²) in [7, 11) is 0. The standard InChI is InChI=1S/C15H25NOS/c1-12(2)10-16-11-14-9-13(3)5-6-15(14)18-8-4-7-17/h5-6,9,12,16-17H,4,7-8,10-11H2,1-3H3. The molecule has 2 nitrogen and oxygen atoms in total. The SMILES string of the molecule is Cc1ccc(SCCCO)c(CNCC(C)C)c1. The Kier molecular flexibility index (Phi) is 7.40. The zero-order valence-electron chi connectivity index (χ0n) is 11.7. The molecule has 0 saturated heterocycles. The van der Waals surface area contributed by atoms with Crippen molar-refractivity contribution >= 4 is 11.8 Å². The van der Waals surface area contributed by atoms with Crippen molar-refractivity contribution in [3.8, 4) is 0 Å². The summed E-state index contributed by atoms with van der Waals surface area (Å²) in [5.74, 6) is 1.66. The smallest absolute Gasteiger partial charge is 0.0439 e. The molecule has 18 heavy (non-hydrogen) atoms. The zero-order chi connectivity index (χ0) is 13.4. The lowest BCUT2D eigenvalue weighted by Crippen LogP contribution is -2.19. The van der Waals surface area contributed by atoms with E-state index >= 15 is 0 Å². The molecule has 1 aromatic carbocycles. The molecule has 1 aromatic rings.